The van der Waals surface area contributed by atoms with Gasteiger partial charge in [-0.05, 0) is 42.3 Å². The summed E-state index contributed by atoms with van der Waals surface area (Å²) in [6, 6.07) is 14.3. The Morgan fingerprint density at radius 1 is 1.13 bits per heavy atom. The van der Waals surface area contributed by atoms with Gasteiger partial charge in [-0.15, -0.1) is 0 Å². The number of nitrogens with zero attached hydrogens (tertiary/aromatic N) is 2. The minimum atomic E-state index is 0.804. The predicted molar refractivity (Wildman–Crippen MR) is 94.5 cm³/mol. The van der Waals surface area contributed by atoms with E-state index in [1.807, 2.05) is 30.5 Å². The number of methoxy groups -OCH3 is 1. The fraction of sp³-hybridized carbons (Fsp3) is 0.316. The van der Waals surface area contributed by atoms with Gasteiger partial charge in [0.05, 0.1) is 26.0 Å². The molecule has 2 aromatic rings. The number of anilines is 1. The zero-order chi connectivity index (χ0) is 16.1. The van der Waals surface area contributed by atoms with Gasteiger partial charge in [-0.2, -0.15) is 0 Å². The molecule has 0 bridgehead atoms. The molecule has 1 heterocycles. The van der Waals surface area contributed by atoms with Crippen molar-refractivity contribution < 1.29 is 9.47 Å². The molecule has 4 heteroatoms. The number of benzene rings is 2. The highest BCUT2D eigenvalue weighted by molar-refractivity contribution is 5.84. The first kappa shape index (κ1) is 15.6. The summed E-state index contributed by atoms with van der Waals surface area (Å²) in [4.78, 5) is 6.91. The van der Waals surface area contributed by atoms with Crippen LogP contribution in [0.2, 0.25) is 0 Å². The van der Waals surface area contributed by atoms with E-state index >= 15 is 0 Å². The molecule has 0 atom stereocenters. The van der Waals surface area contributed by atoms with Crippen molar-refractivity contribution in [1.82, 2.24) is 0 Å². The van der Waals surface area contributed by atoms with E-state index in [1.165, 1.54) is 11.3 Å². The van der Waals surface area contributed by atoms with Crippen molar-refractivity contribution in [1.29, 1.82) is 0 Å². The molecular formula is C19H22N2O2. The van der Waals surface area contributed by atoms with Crippen LogP contribution in [0.25, 0.3) is 0 Å². The molecule has 1 aliphatic rings. The first-order valence-electron chi connectivity index (χ1n) is 7.88. The molecule has 2 aromatic carbocycles. The molecule has 0 radical (unpaired) electrons. The maximum Gasteiger partial charge on any atom is 0.121 e. The van der Waals surface area contributed by atoms with Crippen molar-refractivity contribution in [2.45, 2.75) is 6.92 Å². The maximum absolute atomic E-state index is 5.41. The maximum atomic E-state index is 5.41. The summed E-state index contributed by atoms with van der Waals surface area (Å²) in [7, 11) is 1.66. The molecule has 23 heavy (non-hydrogen) atoms. The summed E-state index contributed by atoms with van der Waals surface area (Å²) in [5, 5.41) is 0. The number of ether oxygens (including phenoxy) is 2. The molecule has 1 saturated heterocycles. The lowest BCUT2D eigenvalue weighted by molar-refractivity contribution is 0.122. The largest absolute Gasteiger partial charge is 0.497 e. The van der Waals surface area contributed by atoms with Gasteiger partial charge in [0, 0.05) is 31.1 Å². The smallest absolute Gasteiger partial charge is 0.121 e. The third-order valence-electron chi connectivity index (χ3n) is 4.04. The molecule has 0 unspecified atom stereocenters. The third-order valence-corrected chi connectivity index (χ3v) is 4.04. The highest BCUT2D eigenvalue weighted by Gasteiger charge is 2.11. The van der Waals surface area contributed by atoms with Gasteiger partial charge in [-0.25, -0.2) is 0 Å². The zero-order valence-corrected chi connectivity index (χ0v) is 13.7. The van der Waals surface area contributed by atoms with Crippen molar-refractivity contribution in [3.63, 3.8) is 0 Å². The summed E-state index contributed by atoms with van der Waals surface area (Å²) in [5.74, 6) is 0.819. The zero-order valence-electron chi connectivity index (χ0n) is 13.7. The van der Waals surface area contributed by atoms with Crippen LogP contribution in [0.5, 0.6) is 5.75 Å². The molecule has 0 saturated carbocycles. The number of aryl methyl sites for hydroxylation is 1. The topological polar surface area (TPSA) is 34.1 Å². The highest BCUT2D eigenvalue weighted by atomic mass is 16.5. The molecular weight excluding hydrogens is 288 g/mol. The molecule has 1 aliphatic heterocycles. The second-order valence-electron chi connectivity index (χ2n) is 5.60. The third kappa shape index (κ3) is 3.90. The first-order chi connectivity index (χ1) is 11.3. The van der Waals surface area contributed by atoms with Gasteiger partial charge < -0.3 is 14.4 Å². The van der Waals surface area contributed by atoms with Crippen molar-refractivity contribution in [2.24, 2.45) is 4.99 Å². The monoisotopic (exact) mass is 310 g/mol. The Balaban J connectivity index is 1.76. The number of hydrogen-bond acceptors (Lipinski definition) is 4. The van der Waals surface area contributed by atoms with Crippen LogP contribution in [0.3, 0.4) is 0 Å². The molecule has 0 amide bonds. The second-order valence-corrected chi connectivity index (χ2v) is 5.60. The average molecular weight is 310 g/mol. The number of rotatable bonds is 4. The summed E-state index contributed by atoms with van der Waals surface area (Å²) in [6.07, 6.45) is 1.91. The Morgan fingerprint density at radius 2 is 1.96 bits per heavy atom. The molecule has 120 valence electrons. The summed E-state index contributed by atoms with van der Waals surface area (Å²) in [6.45, 7) is 5.64. The van der Waals surface area contributed by atoms with Gasteiger partial charge in [0.25, 0.3) is 0 Å². The minimum absolute atomic E-state index is 0.804. The van der Waals surface area contributed by atoms with Gasteiger partial charge in [-0.1, -0.05) is 12.1 Å². The SMILES string of the molecule is COc1cccc(N=Cc2ccc(N3CCOCC3)cc2C)c1. The Bertz CT molecular complexity index is 692. The molecule has 0 N–H and O–H groups in total. The average Bonchev–Trinajstić information content (AvgIpc) is 2.61. The Hall–Kier alpha value is -2.33. The van der Waals surface area contributed by atoms with E-state index in [2.05, 4.69) is 35.0 Å². The molecule has 4 nitrogen and oxygen atoms in total. The van der Waals surface area contributed by atoms with Gasteiger partial charge in [-0.3, -0.25) is 4.99 Å². The predicted octanol–water partition coefficient (Wildman–Crippen LogP) is 3.59. The van der Waals surface area contributed by atoms with E-state index in [4.69, 9.17) is 9.47 Å². The van der Waals surface area contributed by atoms with E-state index in [1.54, 1.807) is 7.11 Å². The van der Waals surface area contributed by atoms with Gasteiger partial charge in [0.15, 0.2) is 0 Å². The number of hydrogen-bond donors (Lipinski definition) is 0. The van der Waals surface area contributed by atoms with Crippen LogP contribution in [0.15, 0.2) is 47.5 Å². The standard InChI is InChI=1S/C19H22N2O2/c1-15-12-18(21-8-10-23-11-9-21)7-6-16(15)14-20-17-4-3-5-19(13-17)22-2/h3-7,12-14H,8-11H2,1-2H3. The van der Waals surface area contributed by atoms with Crippen LogP contribution in [-0.4, -0.2) is 39.6 Å². The van der Waals surface area contributed by atoms with E-state index < -0.39 is 0 Å². The number of morpholine rings is 1. The van der Waals surface area contributed by atoms with Crippen LogP contribution in [-0.2, 0) is 4.74 Å². The first-order valence-corrected chi connectivity index (χ1v) is 7.88. The summed E-state index contributed by atoms with van der Waals surface area (Å²) in [5.41, 5.74) is 4.50. The van der Waals surface area contributed by atoms with Crippen molar-refractivity contribution in [3.05, 3.63) is 53.6 Å². The number of aliphatic imine (C=N–C) groups is 1. The molecule has 0 spiro atoms. The summed E-state index contributed by atoms with van der Waals surface area (Å²) < 4.78 is 10.6. The highest BCUT2D eigenvalue weighted by Crippen LogP contribution is 2.22. The molecule has 1 fully saturated rings. The Kier molecular flexibility index (Phi) is 4.93. The van der Waals surface area contributed by atoms with Crippen LogP contribution < -0.4 is 9.64 Å². The quantitative estimate of drug-likeness (QED) is 0.809. The van der Waals surface area contributed by atoms with Crippen LogP contribution in [0.1, 0.15) is 11.1 Å². The van der Waals surface area contributed by atoms with Crippen molar-refractivity contribution in [2.75, 3.05) is 38.3 Å². The van der Waals surface area contributed by atoms with E-state index in [9.17, 15) is 0 Å². The fourth-order valence-electron chi connectivity index (χ4n) is 2.66. The van der Waals surface area contributed by atoms with E-state index in [0.717, 1.165) is 43.3 Å². The van der Waals surface area contributed by atoms with Gasteiger partial charge >= 0.3 is 0 Å². The normalized spacial score (nSPS) is 15.1. The van der Waals surface area contributed by atoms with Gasteiger partial charge in [0.1, 0.15) is 5.75 Å². The van der Waals surface area contributed by atoms with E-state index in [0.29, 0.717) is 0 Å². The lowest BCUT2D eigenvalue weighted by Gasteiger charge is -2.29. The molecule has 3 rings (SSSR count). The lowest BCUT2D eigenvalue weighted by Crippen LogP contribution is -2.36. The van der Waals surface area contributed by atoms with Crippen LogP contribution >= 0.6 is 0 Å². The fourth-order valence-corrected chi connectivity index (χ4v) is 2.66. The minimum Gasteiger partial charge on any atom is -0.497 e. The van der Waals surface area contributed by atoms with Crippen LogP contribution in [0, 0.1) is 6.92 Å². The Morgan fingerprint density at radius 3 is 2.70 bits per heavy atom. The van der Waals surface area contributed by atoms with E-state index in [-0.39, 0.29) is 0 Å². The molecule has 0 aromatic heterocycles. The lowest BCUT2D eigenvalue weighted by atomic mass is 10.1. The summed E-state index contributed by atoms with van der Waals surface area (Å²) >= 11 is 0. The van der Waals surface area contributed by atoms with Crippen LogP contribution in [0.4, 0.5) is 11.4 Å². The second kappa shape index (κ2) is 7.29. The van der Waals surface area contributed by atoms with Gasteiger partial charge in [0.2, 0.25) is 0 Å². The van der Waals surface area contributed by atoms with Crippen molar-refractivity contribution >= 4 is 17.6 Å². The Labute approximate surface area is 137 Å². The van der Waals surface area contributed by atoms with Crippen molar-refractivity contribution in [3.8, 4) is 5.75 Å². The molecule has 0 aliphatic carbocycles.